The number of anilines is 1. The number of carbonyl (C=O) groups excluding carboxylic acids is 2. The van der Waals surface area contributed by atoms with Crippen LogP contribution in [0.4, 0.5) is 19.0 Å². The number of aryl methyl sites for hydroxylation is 3. The lowest BCUT2D eigenvalue weighted by molar-refractivity contribution is 0.0851. The van der Waals surface area contributed by atoms with Gasteiger partial charge in [-0.1, -0.05) is 18.2 Å². The molecule has 33 heavy (non-hydrogen) atoms. The van der Waals surface area contributed by atoms with Gasteiger partial charge in [-0.3, -0.25) is 22.8 Å². The molecule has 3 rings (SSSR count). The van der Waals surface area contributed by atoms with Crippen molar-refractivity contribution in [3.63, 3.8) is 0 Å². The minimum atomic E-state index is -0.701. The van der Waals surface area contributed by atoms with Crippen molar-refractivity contribution in [3.05, 3.63) is 58.3 Å². The maximum atomic E-state index is 13.2. The number of alkyl halides is 3. The zero-order valence-corrected chi connectivity index (χ0v) is 18.9. The smallest absolute Gasteiger partial charge is 0.257 e. The van der Waals surface area contributed by atoms with Gasteiger partial charge in [0.05, 0.1) is 20.0 Å². The van der Waals surface area contributed by atoms with E-state index in [0.717, 1.165) is 25.9 Å². The van der Waals surface area contributed by atoms with Crippen molar-refractivity contribution in [2.45, 2.75) is 32.1 Å². The number of nitrogens with one attached hydrogen (secondary N) is 1. The summed E-state index contributed by atoms with van der Waals surface area (Å²) in [5, 5.41) is 2.68. The van der Waals surface area contributed by atoms with Crippen molar-refractivity contribution >= 4 is 17.5 Å². The molecule has 1 saturated heterocycles. The first-order valence-corrected chi connectivity index (χ1v) is 11.3. The second kappa shape index (κ2) is 11.9. The third-order valence-corrected chi connectivity index (χ3v) is 6.03. The molecule has 0 bridgehead atoms. The summed E-state index contributed by atoms with van der Waals surface area (Å²) in [7, 11) is 2.02. The fourth-order valence-corrected chi connectivity index (χ4v) is 4.28. The fraction of sp³-hybridized carbons (Fsp3) is 0.480. The molecule has 178 valence electrons. The summed E-state index contributed by atoms with van der Waals surface area (Å²) >= 11 is 0. The lowest BCUT2D eigenvalue weighted by Gasteiger charge is -2.27. The molecule has 1 fully saturated rings. The molecule has 2 aromatic rings. The largest absolute Gasteiger partial charge is 0.307 e. The van der Waals surface area contributed by atoms with E-state index in [1.165, 1.54) is 0 Å². The predicted molar refractivity (Wildman–Crippen MR) is 122 cm³/mol. The van der Waals surface area contributed by atoms with E-state index in [1.807, 2.05) is 7.05 Å². The molecule has 2 heterocycles. The number of hydrogen-bond donors (Lipinski definition) is 1. The van der Waals surface area contributed by atoms with Crippen LogP contribution in [0, 0.1) is 5.92 Å². The Morgan fingerprint density at radius 2 is 1.61 bits per heavy atom. The first kappa shape index (κ1) is 24.9. The summed E-state index contributed by atoms with van der Waals surface area (Å²) in [5.41, 5.74) is 1.88. The maximum Gasteiger partial charge on any atom is 0.257 e. The van der Waals surface area contributed by atoms with Gasteiger partial charge in [0.1, 0.15) is 11.5 Å². The number of carbonyl (C=O) groups is 2. The van der Waals surface area contributed by atoms with Gasteiger partial charge < -0.3 is 10.2 Å². The number of benzene rings is 1. The van der Waals surface area contributed by atoms with E-state index in [0.29, 0.717) is 16.7 Å². The number of aromatic nitrogens is 1. The summed E-state index contributed by atoms with van der Waals surface area (Å²) < 4.78 is 39.2. The highest BCUT2D eigenvalue weighted by atomic mass is 19.1. The molecule has 1 N–H and O–H groups in total. The first-order valence-electron chi connectivity index (χ1n) is 11.3. The maximum absolute atomic E-state index is 13.2. The van der Waals surface area contributed by atoms with Gasteiger partial charge in [-0.25, -0.2) is 4.98 Å². The van der Waals surface area contributed by atoms with Crippen LogP contribution in [0.1, 0.15) is 50.4 Å². The van der Waals surface area contributed by atoms with Crippen LogP contribution in [0.3, 0.4) is 0 Å². The lowest BCUT2D eigenvalue weighted by atomic mass is 9.91. The second-order valence-corrected chi connectivity index (χ2v) is 8.41. The molecule has 0 unspecified atom stereocenters. The third-order valence-electron chi connectivity index (χ3n) is 6.03. The van der Waals surface area contributed by atoms with Crippen LogP contribution in [-0.2, 0) is 19.3 Å². The fourth-order valence-electron chi connectivity index (χ4n) is 4.28. The van der Waals surface area contributed by atoms with E-state index in [4.69, 9.17) is 0 Å². The average Bonchev–Trinajstić information content (AvgIpc) is 2.80. The number of ketones is 1. The first-order chi connectivity index (χ1) is 16.0. The molecule has 1 amide bonds. The van der Waals surface area contributed by atoms with Crippen LogP contribution < -0.4 is 5.32 Å². The van der Waals surface area contributed by atoms with Crippen LogP contribution in [0.25, 0.3) is 0 Å². The Kier molecular flexibility index (Phi) is 9.00. The van der Waals surface area contributed by atoms with Crippen LogP contribution in [-0.4, -0.2) is 61.7 Å². The highest BCUT2D eigenvalue weighted by Crippen LogP contribution is 2.24. The number of rotatable bonds is 10. The quantitative estimate of drug-likeness (QED) is 0.533. The highest BCUT2D eigenvalue weighted by molar-refractivity contribution is 6.06. The summed E-state index contributed by atoms with van der Waals surface area (Å²) in [5.74, 6) is -0.505. The Labute approximate surface area is 192 Å². The van der Waals surface area contributed by atoms with Crippen LogP contribution >= 0.6 is 0 Å². The van der Waals surface area contributed by atoms with E-state index in [2.05, 4.69) is 15.2 Å². The number of amides is 1. The summed E-state index contributed by atoms with van der Waals surface area (Å²) in [6.07, 6.45) is 1.56. The van der Waals surface area contributed by atoms with Gasteiger partial charge in [-0.15, -0.1) is 0 Å². The van der Waals surface area contributed by atoms with Gasteiger partial charge in [-0.2, -0.15) is 0 Å². The van der Waals surface area contributed by atoms with Crippen LogP contribution in [0.15, 0.2) is 30.3 Å². The third kappa shape index (κ3) is 6.41. The Bertz CT molecular complexity index is 948. The summed E-state index contributed by atoms with van der Waals surface area (Å²) in [6, 6.07) is 8.06. The van der Waals surface area contributed by atoms with Crippen molar-refractivity contribution in [1.82, 2.24) is 9.88 Å². The van der Waals surface area contributed by atoms with Gasteiger partial charge in [-0.05, 0) is 61.8 Å². The number of hydrogen-bond acceptors (Lipinski definition) is 4. The topological polar surface area (TPSA) is 62.3 Å². The normalized spacial score (nSPS) is 14.9. The minimum absolute atomic E-state index is 0.0375. The van der Waals surface area contributed by atoms with Gasteiger partial charge in [0.15, 0.2) is 5.78 Å². The highest BCUT2D eigenvalue weighted by Gasteiger charge is 2.26. The van der Waals surface area contributed by atoms with Gasteiger partial charge in [0, 0.05) is 30.7 Å². The molecule has 1 aliphatic heterocycles. The molecule has 0 radical (unpaired) electrons. The van der Waals surface area contributed by atoms with Gasteiger partial charge in [0.25, 0.3) is 5.91 Å². The Balaban J connectivity index is 1.84. The van der Waals surface area contributed by atoms with Crippen molar-refractivity contribution in [2.24, 2.45) is 5.92 Å². The van der Waals surface area contributed by atoms with E-state index in [-0.39, 0.29) is 48.0 Å². The molecule has 1 aromatic heterocycles. The van der Waals surface area contributed by atoms with Crippen molar-refractivity contribution < 1.29 is 22.8 Å². The SMILES string of the molecule is CN1CCC(C(=O)c2cccc(NC(=O)c3c(CCF)cc(CCF)cc3CCF)n2)CC1. The number of nitrogens with zero attached hydrogens (tertiary/aromatic N) is 2. The molecule has 0 aliphatic carbocycles. The Morgan fingerprint density at radius 1 is 1.00 bits per heavy atom. The lowest BCUT2D eigenvalue weighted by Crippen LogP contribution is -2.33. The number of likely N-dealkylation sites (tertiary alicyclic amines) is 1. The zero-order chi connectivity index (χ0) is 23.8. The molecule has 1 aromatic carbocycles. The molecular weight excluding hydrogens is 431 g/mol. The molecule has 0 spiro atoms. The molecule has 1 aliphatic rings. The van der Waals surface area contributed by atoms with E-state index < -0.39 is 25.9 Å². The monoisotopic (exact) mass is 461 g/mol. The van der Waals surface area contributed by atoms with Crippen molar-refractivity contribution in [1.29, 1.82) is 0 Å². The molecule has 0 saturated carbocycles. The van der Waals surface area contributed by atoms with Crippen LogP contribution in [0.5, 0.6) is 0 Å². The predicted octanol–water partition coefficient (Wildman–Crippen LogP) is 4.39. The van der Waals surface area contributed by atoms with Gasteiger partial charge >= 0.3 is 0 Å². The van der Waals surface area contributed by atoms with E-state index in [9.17, 15) is 22.8 Å². The summed E-state index contributed by atoms with van der Waals surface area (Å²) in [6.45, 7) is -0.308. The molecule has 8 heteroatoms. The van der Waals surface area contributed by atoms with Crippen molar-refractivity contribution in [3.8, 4) is 0 Å². The zero-order valence-electron chi connectivity index (χ0n) is 18.9. The second-order valence-electron chi connectivity index (χ2n) is 8.41. The minimum Gasteiger partial charge on any atom is -0.307 e. The number of pyridine rings is 1. The average molecular weight is 462 g/mol. The molecule has 0 atom stereocenters. The molecular formula is C25H30F3N3O2. The van der Waals surface area contributed by atoms with E-state index >= 15 is 0 Å². The number of halogens is 3. The summed E-state index contributed by atoms with van der Waals surface area (Å²) in [4.78, 5) is 32.5. The van der Waals surface area contributed by atoms with Crippen LogP contribution in [0.2, 0.25) is 0 Å². The number of piperidine rings is 1. The Hall–Kier alpha value is -2.74. The van der Waals surface area contributed by atoms with Gasteiger partial charge in [0.2, 0.25) is 0 Å². The van der Waals surface area contributed by atoms with E-state index in [1.54, 1.807) is 30.3 Å². The standard InChI is InChI=1S/C25H30F3N3O2/c1-31-13-8-18(9-14-31)24(32)21-3-2-4-22(29-21)30-25(33)23-19(6-11-27)15-17(5-10-26)16-20(23)7-12-28/h2-4,15-16,18H,5-14H2,1H3,(H,29,30,33). The van der Waals surface area contributed by atoms with Crippen molar-refractivity contribution in [2.75, 3.05) is 45.5 Å². The number of Topliss-reactive ketones (excluding diaryl/α,β-unsaturated/α-hetero) is 1. The Morgan fingerprint density at radius 3 is 2.18 bits per heavy atom. The molecule has 5 nitrogen and oxygen atoms in total.